The van der Waals surface area contributed by atoms with E-state index >= 15 is 8.78 Å². The van der Waals surface area contributed by atoms with Gasteiger partial charge in [0.1, 0.15) is 11.3 Å². The summed E-state index contributed by atoms with van der Waals surface area (Å²) in [6.45, 7) is 6.39. The molecule has 0 saturated carbocycles. The Bertz CT molecular complexity index is 1570. The quantitative estimate of drug-likeness (QED) is 0.194. The first-order chi connectivity index (χ1) is 20.8. The van der Waals surface area contributed by atoms with Gasteiger partial charge in [-0.25, -0.2) is 18.6 Å². The molecule has 1 atom stereocenters. The Kier molecular flexibility index (Phi) is 9.10. The molecule has 9 nitrogen and oxygen atoms in total. The van der Waals surface area contributed by atoms with Crippen molar-refractivity contribution in [1.82, 2.24) is 19.9 Å². The van der Waals surface area contributed by atoms with Crippen LogP contribution >= 0.6 is 0 Å². The second-order valence-electron chi connectivity index (χ2n) is 10.9. The standard InChI is InChI=1S/C32H38F2N6O3/c1-6-13-38(3)14-10-20(7-2)15-22-16-24-29-21(18-36-31(24)37-22)19-39(32(41)40(29)23-8-11-35-12-9-23)30-27(33)25(42-4)17-26(43-5)28(30)34/h8-9,11-12,16-18,20H,6-7,10,13-15,19H2,1-5H3,(H,36,37). The SMILES string of the molecule is CCCN(C)CCC(CC)Cc1cc2c3c(cnc2[nH]1)CN(c1c(F)c(OC)cc(OC)c1F)C(=O)N3c1ccncc1. The van der Waals surface area contributed by atoms with Gasteiger partial charge in [-0.2, -0.15) is 0 Å². The first kappa shape index (κ1) is 30.2. The molecule has 0 spiro atoms. The van der Waals surface area contributed by atoms with Crippen LogP contribution < -0.4 is 19.3 Å². The van der Waals surface area contributed by atoms with Gasteiger partial charge < -0.3 is 19.4 Å². The molecule has 5 rings (SSSR count). The highest BCUT2D eigenvalue weighted by molar-refractivity contribution is 6.15. The fourth-order valence-corrected chi connectivity index (χ4v) is 5.78. The van der Waals surface area contributed by atoms with E-state index in [-0.39, 0.29) is 18.0 Å². The van der Waals surface area contributed by atoms with Gasteiger partial charge in [0.25, 0.3) is 0 Å². The number of ether oxygens (including phenoxy) is 2. The Morgan fingerprint density at radius 2 is 1.74 bits per heavy atom. The van der Waals surface area contributed by atoms with Crippen molar-refractivity contribution in [3.63, 3.8) is 0 Å². The maximum absolute atomic E-state index is 15.6. The molecule has 11 heteroatoms. The van der Waals surface area contributed by atoms with Gasteiger partial charge >= 0.3 is 6.03 Å². The maximum atomic E-state index is 15.6. The molecule has 0 fully saturated rings. The number of hydrogen-bond acceptors (Lipinski definition) is 6. The van der Waals surface area contributed by atoms with Crippen LogP contribution in [0.1, 0.15) is 44.4 Å². The molecule has 3 aromatic heterocycles. The summed E-state index contributed by atoms with van der Waals surface area (Å²) in [7, 11) is 4.70. The van der Waals surface area contributed by atoms with Gasteiger partial charge in [0.05, 0.1) is 32.1 Å². The van der Waals surface area contributed by atoms with Gasteiger partial charge in [0.15, 0.2) is 23.1 Å². The maximum Gasteiger partial charge on any atom is 0.334 e. The number of nitrogens with one attached hydrogen (secondary N) is 1. The number of rotatable bonds is 12. The molecule has 1 aliphatic heterocycles. The third kappa shape index (κ3) is 5.86. The van der Waals surface area contributed by atoms with E-state index in [4.69, 9.17) is 9.47 Å². The highest BCUT2D eigenvalue weighted by atomic mass is 19.1. The van der Waals surface area contributed by atoms with Crippen LogP contribution in [0, 0.1) is 17.6 Å². The number of aromatic amines is 1. The summed E-state index contributed by atoms with van der Waals surface area (Å²) in [6.07, 6.45) is 8.87. The Balaban J connectivity index is 1.58. The van der Waals surface area contributed by atoms with Gasteiger partial charge in [-0.3, -0.25) is 14.8 Å². The first-order valence-electron chi connectivity index (χ1n) is 14.6. The third-order valence-electron chi connectivity index (χ3n) is 8.09. The number of amides is 2. The van der Waals surface area contributed by atoms with E-state index < -0.39 is 23.4 Å². The highest BCUT2D eigenvalue weighted by Gasteiger charge is 2.38. The molecule has 0 bridgehead atoms. The molecule has 4 aromatic rings. The van der Waals surface area contributed by atoms with Gasteiger partial charge in [-0.15, -0.1) is 0 Å². The lowest BCUT2D eigenvalue weighted by atomic mass is 9.96. The Morgan fingerprint density at radius 1 is 1.05 bits per heavy atom. The molecule has 1 aromatic carbocycles. The molecule has 2 amide bonds. The lowest BCUT2D eigenvalue weighted by molar-refractivity contribution is 0.251. The Hall–Kier alpha value is -4.25. The zero-order valence-electron chi connectivity index (χ0n) is 25.3. The summed E-state index contributed by atoms with van der Waals surface area (Å²) < 4.78 is 41.5. The minimum absolute atomic E-state index is 0.106. The van der Waals surface area contributed by atoms with Crippen molar-refractivity contribution >= 4 is 34.1 Å². The molecule has 1 unspecified atom stereocenters. The van der Waals surface area contributed by atoms with Crippen molar-refractivity contribution in [3.8, 4) is 11.5 Å². The fraction of sp³-hybridized carbons (Fsp3) is 0.406. The van der Waals surface area contributed by atoms with Crippen LogP contribution in [0.15, 0.2) is 42.9 Å². The van der Waals surface area contributed by atoms with E-state index in [1.54, 1.807) is 30.7 Å². The number of pyridine rings is 2. The number of carbonyl (C=O) groups excluding carboxylic acids is 1. The van der Waals surface area contributed by atoms with E-state index in [9.17, 15) is 4.79 Å². The van der Waals surface area contributed by atoms with Gasteiger partial charge in [-0.1, -0.05) is 20.3 Å². The molecular weight excluding hydrogens is 554 g/mol. The van der Waals surface area contributed by atoms with Crippen molar-refractivity contribution in [3.05, 3.63) is 65.7 Å². The van der Waals surface area contributed by atoms with E-state index in [1.807, 2.05) is 6.07 Å². The first-order valence-corrected chi connectivity index (χ1v) is 14.6. The van der Waals surface area contributed by atoms with Crippen LogP contribution in [0.5, 0.6) is 11.5 Å². The predicted molar refractivity (Wildman–Crippen MR) is 163 cm³/mol. The van der Waals surface area contributed by atoms with Crippen LogP contribution in [0.4, 0.5) is 30.6 Å². The minimum Gasteiger partial charge on any atom is -0.493 e. The molecule has 0 aliphatic carbocycles. The largest absolute Gasteiger partial charge is 0.493 e. The van der Waals surface area contributed by atoms with Crippen LogP contribution in [0.25, 0.3) is 11.0 Å². The number of fused-ring (bicyclic) bond motifs is 3. The van der Waals surface area contributed by atoms with Crippen LogP contribution in [-0.2, 0) is 13.0 Å². The second kappa shape index (κ2) is 12.9. The topological polar surface area (TPSA) is 86.8 Å². The summed E-state index contributed by atoms with van der Waals surface area (Å²) in [6, 6.07) is 5.90. The lowest BCUT2D eigenvalue weighted by Gasteiger charge is -2.37. The number of H-pyrrole nitrogens is 1. The van der Waals surface area contributed by atoms with Crippen molar-refractivity contribution < 1.29 is 23.0 Å². The van der Waals surface area contributed by atoms with Crippen molar-refractivity contribution in [2.24, 2.45) is 5.92 Å². The molecule has 1 aliphatic rings. The number of halogens is 2. The molecule has 228 valence electrons. The van der Waals surface area contributed by atoms with Crippen molar-refractivity contribution in [2.75, 3.05) is 44.2 Å². The van der Waals surface area contributed by atoms with E-state index in [2.05, 4.69) is 40.7 Å². The third-order valence-corrected chi connectivity index (χ3v) is 8.09. The average molecular weight is 593 g/mol. The number of carbonyl (C=O) groups is 1. The van der Waals surface area contributed by atoms with Crippen molar-refractivity contribution in [2.45, 2.75) is 46.1 Å². The summed E-state index contributed by atoms with van der Waals surface area (Å²) in [5.74, 6) is -2.00. The number of anilines is 3. The zero-order chi connectivity index (χ0) is 30.7. The fourth-order valence-electron chi connectivity index (χ4n) is 5.78. The summed E-state index contributed by atoms with van der Waals surface area (Å²) in [5.41, 5.74) is 2.86. The summed E-state index contributed by atoms with van der Waals surface area (Å²) >= 11 is 0. The average Bonchev–Trinajstić information content (AvgIpc) is 3.43. The van der Waals surface area contributed by atoms with Gasteiger partial charge in [0, 0.05) is 41.3 Å². The highest BCUT2D eigenvalue weighted by Crippen LogP contribution is 2.44. The predicted octanol–water partition coefficient (Wildman–Crippen LogP) is 6.83. The molecule has 43 heavy (non-hydrogen) atoms. The molecule has 0 radical (unpaired) electrons. The number of methoxy groups -OCH3 is 2. The molecule has 0 saturated heterocycles. The summed E-state index contributed by atoms with van der Waals surface area (Å²) in [4.78, 5) is 31.3. The van der Waals surface area contributed by atoms with Crippen LogP contribution in [0.2, 0.25) is 0 Å². The van der Waals surface area contributed by atoms with E-state index in [0.29, 0.717) is 28.5 Å². The number of urea groups is 1. The smallest absolute Gasteiger partial charge is 0.334 e. The number of benzene rings is 1. The normalized spacial score (nSPS) is 14.0. The van der Waals surface area contributed by atoms with Crippen molar-refractivity contribution in [1.29, 1.82) is 0 Å². The Morgan fingerprint density at radius 3 is 2.37 bits per heavy atom. The zero-order valence-corrected chi connectivity index (χ0v) is 25.3. The molecular formula is C32H38F2N6O3. The van der Waals surface area contributed by atoms with E-state index in [1.165, 1.54) is 19.1 Å². The minimum atomic E-state index is -1.000. The lowest BCUT2D eigenvalue weighted by Crippen LogP contribution is -2.46. The molecule has 4 heterocycles. The second-order valence-corrected chi connectivity index (χ2v) is 10.9. The number of hydrogen-bond donors (Lipinski definition) is 1. The van der Waals surface area contributed by atoms with Crippen LogP contribution in [-0.4, -0.2) is 60.2 Å². The van der Waals surface area contributed by atoms with Gasteiger partial charge in [-0.05, 0) is 63.5 Å². The summed E-state index contributed by atoms with van der Waals surface area (Å²) in [5, 5.41) is 0.763. The Labute approximate surface area is 250 Å². The van der Waals surface area contributed by atoms with Crippen LogP contribution in [0.3, 0.4) is 0 Å². The van der Waals surface area contributed by atoms with E-state index in [0.717, 1.165) is 60.8 Å². The number of nitrogens with zero attached hydrogens (tertiary/aromatic N) is 5. The monoisotopic (exact) mass is 592 g/mol. The molecule has 1 N–H and O–H groups in total. The van der Waals surface area contributed by atoms with Gasteiger partial charge in [0.2, 0.25) is 0 Å². The number of aromatic nitrogens is 3.